The zero-order valence-electron chi connectivity index (χ0n) is 15.8. The van der Waals surface area contributed by atoms with Crippen LogP contribution < -0.4 is 10.0 Å². The number of hydrogen-bond donors (Lipinski definition) is 2. The van der Waals surface area contributed by atoms with Gasteiger partial charge in [0.2, 0.25) is 0 Å². The minimum absolute atomic E-state index is 0.0679. The fourth-order valence-electron chi connectivity index (χ4n) is 3.16. The van der Waals surface area contributed by atoms with Crippen LogP contribution in [0.5, 0.6) is 0 Å². The summed E-state index contributed by atoms with van der Waals surface area (Å²) in [6.45, 7) is 7.73. The zero-order chi connectivity index (χ0) is 19.6. The molecule has 0 aromatic heterocycles. The first-order chi connectivity index (χ1) is 12.8. The van der Waals surface area contributed by atoms with Crippen LogP contribution >= 0.6 is 0 Å². The maximum Gasteiger partial charge on any atom is 0.262 e. The van der Waals surface area contributed by atoms with Crippen LogP contribution in [-0.2, 0) is 10.0 Å². The van der Waals surface area contributed by atoms with Gasteiger partial charge in [0.25, 0.3) is 15.9 Å². The highest BCUT2D eigenvalue weighted by Gasteiger charge is 2.26. The number of aryl methyl sites for hydroxylation is 2. The van der Waals surface area contributed by atoms with E-state index in [1.165, 1.54) is 6.07 Å². The van der Waals surface area contributed by atoms with Crippen LogP contribution in [0.25, 0.3) is 0 Å². The lowest BCUT2D eigenvalue weighted by Crippen LogP contribution is -2.52. The normalized spacial score (nSPS) is 17.6. The number of hydrogen-bond acceptors (Lipinski definition) is 4. The van der Waals surface area contributed by atoms with Crippen molar-refractivity contribution in [3.63, 3.8) is 0 Å². The number of carbonyl (C=O) groups excluding carboxylic acids is 1. The predicted molar refractivity (Wildman–Crippen MR) is 107 cm³/mol. The lowest BCUT2D eigenvalue weighted by molar-refractivity contribution is 0.0655. The molecule has 0 saturated carbocycles. The molecule has 1 heterocycles. The van der Waals surface area contributed by atoms with Gasteiger partial charge in [-0.3, -0.25) is 9.52 Å². The van der Waals surface area contributed by atoms with Crippen molar-refractivity contribution in [2.45, 2.75) is 31.7 Å². The molecule has 6 nitrogen and oxygen atoms in total. The van der Waals surface area contributed by atoms with Crippen LogP contribution in [0.2, 0.25) is 0 Å². The van der Waals surface area contributed by atoms with E-state index in [-0.39, 0.29) is 16.8 Å². The maximum atomic E-state index is 12.9. The molecule has 0 bridgehead atoms. The summed E-state index contributed by atoms with van der Waals surface area (Å²) in [5.41, 5.74) is 2.53. The Kier molecular flexibility index (Phi) is 5.53. The van der Waals surface area contributed by atoms with Crippen molar-refractivity contribution in [3.8, 4) is 0 Å². The van der Waals surface area contributed by atoms with Gasteiger partial charge in [0.1, 0.15) is 0 Å². The molecule has 1 atom stereocenters. The predicted octanol–water partition coefficient (Wildman–Crippen LogP) is 2.54. The third-order valence-electron chi connectivity index (χ3n) is 4.79. The van der Waals surface area contributed by atoms with E-state index < -0.39 is 10.0 Å². The number of carbonyl (C=O) groups is 1. The second-order valence-corrected chi connectivity index (χ2v) is 8.65. The maximum absolute atomic E-state index is 12.9. The van der Waals surface area contributed by atoms with Crippen molar-refractivity contribution >= 4 is 21.6 Å². The van der Waals surface area contributed by atoms with Gasteiger partial charge in [0.05, 0.1) is 4.90 Å². The van der Waals surface area contributed by atoms with Gasteiger partial charge in [-0.2, -0.15) is 0 Å². The second kappa shape index (κ2) is 7.70. The van der Waals surface area contributed by atoms with Crippen molar-refractivity contribution < 1.29 is 13.2 Å². The van der Waals surface area contributed by atoms with Gasteiger partial charge in [-0.05, 0) is 50.6 Å². The van der Waals surface area contributed by atoms with Gasteiger partial charge in [-0.1, -0.05) is 23.8 Å². The molecule has 0 spiro atoms. The first-order valence-electron chi connectivity index (χ1n) is 9.00. The van der Waals surface area contributed by atoms with E-state index in [9.17, 15) is 13.2 Å². The Labute approximate surface area is 160 Å². The third kappa shape index (κ3) is 4.31. The standard InChI is InChI=1S/C20H25N3O3S/c1-14-4-8-18(9-5-14)22-27(25,26)19-12-17(7-6-15(19)2)20(24)23-11-10-21-13-16(23)3/h4-9,12,16,21-22H,10-11,13H2,1-3H3/t16-/m1/s1. The van der Waals surface area contributed by atoms with E-state index in [1.54, 1.807) is 36.1 Å². The summed E-state index contributed by atoms with van der Waals surface area (Å²) in [4.78, 5) is 14.8. The Morgan fingerprint density at radius 2 is 1.85 bits per heavy atom. The molecule has 3 rings (SSSR count). The SMILES string of the molecule is Cc1ccc(NS(=O)(=O)c2cc(C(=O)N3CCNC[C@H]3C)ccc2C)cc1. The van der Waals surface area contributed by atoms with Gasteiger partial charge >= 0.3 is 0 Å². The monoisotopic (exact) mass is 387 g/mol. The summed E-state index contributed by atoms with van der Waals surface area (Å²) in [6.07, 6.45) is 0. The van der Waals surface area contributed by atoms with Crippen molar-refractivity contribution in [1.82, 2.24) is 10.2 Å². The summed E-state index contributed by atoms with van der Waals surface area (Å²) >= 11 is 0. The fourth-order valence-corrected chi connectivity index (χ4v) is 4.49. The molecule has 0 radical (unpaired) electrons. The van der Waals surface area contributed by atoms with E-state index in [2.05, 4.69) is 10.0 Å². The molecule has 0 aliphatic carbocycles. The summed E-state index contributed by atoms with van der Waals surface area (Å²) in [6, 6.07) is 12.1. The molecule has 27 heavy (non-hydrogen) atoms. The average molecular weight is 388 g/mol. The largest absolute Gasteiger partial charge is 0.333 e. The molecule has 1 saturated heterocycles. The lowest BCUT2D eigenvalue weighted by Gasteiger charge is -2.34. The van der Waals surface area contributed by atoms with Crippen LogP contribution in [0.15, 0.2) is 47.4 Å². The topological polar surface area (TPSA) is 78.5 Å². The van der Waals surface area contributed by atoms with Gasteiger partial charge in [0, 0.05) is 36.9 Å². The Morgan fingerprint density at radius 1 is 1.15 bits per heavy atom. The molecule has 1 aliphatic rings. The number of nitrogens with zero attached hydrogens (tertiary/aromatic N) is 1. The summed E-state index contributed by atoms with van der Waals surface area (Å²) in [5, 5.41) is 3.25. The van der Waals surface area contributed by atoms with Crippen LogP contribution in [0.4, 0.5) is 5.69 Å². The quantitative estimate of drug-likeness (QED) is 0.845. The number of sulfonamides is 1. The van der Waals surface area contributed by atoms with Crippen LogP contribution in [-0.4, -0.2) is 44.9 Å². The van der Waals surface area contributed by atoms with E-state index in [0.717, 1.165) is 18.7 Å². The average Bonchev–Trinajstić information content (AvgIpc) is 2.63. The summed E-state index contributed by atoms with van der Waals surface area (Å²) in [7, 11) is -3.79. The molecule has 1 fully saturated rings. The minimum atomic E-state index is -3.79. The van der Waals surface area contributed by atoms with Crippen molar-refractivity contribution in [1.29, 1.82) is 0 Å². The fraction of sp³-hybridized carbons (Fsp3) is 0.350. The Balaban J connectivity index is 1.90. The molecule has 2 aromatic rings. The number of piperazine rings is 1. The molecule has 1 amide bonds. The number of benzene rings is 2. The van der Waals surface area contributed by atoms with E-state index in [4.69, 9.17) is 0 Å². The highest BCUT2D eigenvalue weighted by molar-refractivity contribution is 7.92. The molecule has 144 valence electrons. The Hall–Kier alpha value is -2.38. The second-order valence-electron chi connectivity index (χ2n) is 7.00. The van der Waals surface area contributed by atoms with Crippen molar-refractivity contribution in [2.24, 2.45) is 0 Å². The summed E-state index contributed by atoms with van der Waals surface area (Å²) < 4.78 is 28.3. The molecular weight excluding hydrogens is 362 g/mol. The minimum Gasteiger partial charge on any atom is -0.333 e. The van der Waals surface area contributed by atoms with Gasteiger partial charge in [-0.25, -0.2) is 8.42 Å². The van der Waals surface area contributed by atoms with Gasteiger partial charge < -0.3 is 10.2 Å². The molecular formula is C20H25N3O3S. The highest BCUT2D eigenvalue weighted by Crippen LogP contribution is 2.22. The molecule has 0 unspecified atom stereocenters. The van der Waals surface area contributed by atoms with Crippen LogP contribution in [0.3, 0.4) is 0 Å². The first kappa shape index (κ1) is 19.4. The molecule has 1 aliphatic heterocycles. The Bertz CT molecular complexity index is 939. The first-order valence-corrected chi connectivity index (χ1v) is 10.5. The number of nitrogens with one attached hydrogen (secondary N) is 2. The van der Waals surface area contributed by atoms with E-state index in [1.807, 2.05) is 26.0 Å². The van der Waals surface area contributed by atoms with Crippen LogP contribution in [0.1, 0.15) is 28.4 Å². The molecule has 2 N–H and O–H groups in total. The van der Waals surface area contributed by atoms with Gasteiger partial charge in [-0.15, -0.1) is 0 Å². The van der Waals surface area contributed by atoms with Gasteiger partial charge in [0.15, 0.2) is 0 Å². The zero-order valence-corrected chi connectivity index (χ0v) is 16.6. The van der Waals surface area contributed by atoms with Crippen LogP contribution in [0, 0.1) is 13.8 Å². The number of amides is 1. The summed E-state index contributed by atoms with van der Waals surface area (Å²) in [5.74, 6) is -0.143. The Morgan fingerprint density at radius 3 is 2.52 bits per heavy atom. The third-order valence-corrected chi connectivity index (χ3v) is 6.31. The lowest BCUT2D eigenvalue weighted by atomic mass is 10.1. The van der Waals surface area contributed by atoms with E-state index >= 15 is 0 Å². The smallest absolute Gasteiger partial charge is 0.262 e. The molecule has 7 heteroatoms. The van der Waals surface area contributed by atoms with Crippen molar-refractivity contribution in [3.05, 3.63) is 59.2 Å². The number of rotatable bonds is 4. The van der Waals surface area contributed by atoms with E-state index in [0.29, 0.717) is 23.4 Å². The highest BCUT2D eigenvalue weighted by atomic mass is 32.2. The number of anilines is 1. The molecule has 2 aromatic carbocycles. The van der Waals surface area contributed by atoms with Crippen molar-refractivity contribution in [2.75, 3.05) is 24.4 Å².